The molecule has 1 aliphatic rings. The van der Waals surface area contributed by atoms with Gasteiger partial charge in [-0.3, -0.25) is 4.79 Å². The Morgan fingerprint density at radius 2 is 2.25 bits per heavy atom. The monoisotopic (exact) mass is 294 g/mol. The fourth-order valence-electron chi connectivity index (χ4n) is 1.97. The molecule has 2 N–H and O–H groups in total. The Labute approximate surface area is 122 Å². The first-order valence-corrected chi connectivity index (χ1v) is 6.84. The van der Waals surface area contributed by atoms with Crippen LogP contribution in [0.1, 0.15) is 12.8 Å². The highest BCUT2D eigenvalue weighted by atomic mass is 35.5. The zero-order valence-electron chi connectivity index (χ0n) is 10.9. The molecule has 1 amide bonds. The fourth-order valence-corrected chi connectivity index (χ4v) is 2.04. The lowest BCUT2D eigenvalue weighted by Gasteiger charge is -2.24. The van der Waals surface area contributed by atoms with Gasteiger partial charge in [0.1, 0.15) is 12.1 Å². The number of hydrogen-bond donors (Lipinski definition) is 2. The standard InChI is InChI=1S/C13H15ClN4O2/c1-15-12-6-10(18-13(19)7-14)11(8-16-12)17-9-2-4-20-5-3-9/h6,8-9,17H,2-5,7H2,(H,16,18,19). The summed E-state index contributed by atoms with van der Waals surface area (Å²) in [5.41, 5.74) is 1.23. The predicted octanol–water partition coefficient (Wildman–Crippen LogP) is 2.40. The van der Waals surface area contributed by atoms with Crippen LogP contribution >= 0.6 is 11.6 Å². The Bertz CT molecular complexity index is 524. The number of carbonyl (C=O) groups excluding carboxylic acids is 1. The van der Waals surface area contributed by atoms with Gasteiger partial charge in [-0.15, -0.1) is 16.6 Å². The predicted molar refractivity (Wildman–Crippen MR) is 77.3 cm³/mol. The minimum absolute atomic E-state index is 0.133. The number of rotatable bonds is 4. The SMILES string of the molecule is [C-]#[N+]c1cc(NC(=O)CCl)c(NC2CCOCC2)cn1. The van der Waals surface area contributed by atoms with Gasteiger partial charge in [-0.1, -0.05) is 6.57 Å². The van der Waals surface area contributed by atoms with Gasteiger partial charge in [0.25, 0.3) is 5.82 Å². The van der Waals surface area contributed by atoms with Crippen molar-refractivity contribution in [3.8, 4) is 0 Å². The molecule has 0 spiro atoms. The molecule has 6 nitrogen and oxygen atoms in total. The molecule has 1 aromatic rings. The largest absolute Gasteiger partial charge is 0.381 e. The zero-order valence-corrected chi connectivity index (χ0v) is 11.6. The number of nitrogens with one attached hydrogen (secondary N) is 2. The van der Waals surface area contributed by atoms with E-state index in [0.717, 1.165) is 12.8 Å². The fraction of sp³-hybridized carbons (Fsp3) is 0.462. The van der Waals surface area contributed by atoms with Gasteiger partial charge in [0.2, 0.25) is 5.91 Å². The maximum Gasteiger partial charge on any atom is 0.271 e. The molecule has 0 atom stereocenters. The van der Waals surface area contributed by atoms with Crippen molar-refractivity contribution in [3.63, 3.8) is 0 Å². The number of carbonyl (C=O) groups is 1. The number of pyridine rings is 1. The van der Waals surface area contributed by atoms with E-state index in [1.54, 1.807) is 12.3 Å². The molecule has 1 aliphatic heterocycles. The molecule has 7 heteroatoms. The highest BCUT2D eigenvalue weighted by Crippen LogP contribution is 2.27. The molecule has 0 bridgehead atoms. The Morgan fingerprint density at radius 3 is 2.90 bits per heavy atom. The summed E-state index contributed by atoms with van der Waals surface area (Å²) in [5.74, 6) is -0.219. The lowest BCUT2D eigenvalue weighted by atomic mass is 10.1. The Kier molecular flexibility index (Phi) is 5.16. The zero-order chi connectivity index (χ0) is 14.4. The molecular weight excluding hydrogens is 280 g/mol. The second-order valence-electron chi connectivity index (χ2n) is 4.41. The average Bonchev–Trinajstić information content (AvgIpc) is 2.50. The molecule has 1 fully saturated rings. The van der Waals surface area contributed by atoms with E-state index in [9.17, 15) is 4.79 Å². The van der Waals surface area contributed by atoms with E-state index < -0.39 is 0 Å². The van der Waals surface area contributed by atoms with E-state index in [1.165, 1.54) is 0 Å². The summed E-state index contributed by atoms with van der Waals surface area (Å²) < 4.78 is 5.30. The molecule has 20 heavy (non-hydrogen) atoms. The topological polar surface area (TPSA) is 67.6 Å². The molecule has 0 aliphatic carbocycles. The summed E-state index contributed by atoms with van der Waals surface area (Å²) in [6.45, 7) is 8.41. The number of ether oxygens (including phenoxy) is 1. The van der Waals surface area contributed by atoms with E-state index in [1.807, 2.05) is 0 Å². The van der Waals surface area contributed by atoms with Crippen LogP contribution in [0.5, 0.6) is 0 Å². The van der Waals surface area contributed by atoms with Crippen molar-refractivity contribution < 1.29 is 9.53 Å². The van der Waals surface area contributed by atoms with Crippen LogP contribution in [-0.4, -0.2) is 36.0 Å². The normalized spacial score (nSPS) is 15.4. The van der Waals surface area contributed by atoms with E-state index in [-0.39, 0.29) is 23.6 Å². The first kappa shape index (κ1) is 14.6. The maximum absolute atomic E-state index is 11.4. The maximum atomic E-state index is 11.4. The first-order valence-electron chi connectivity index (χ1n) is 6.30. The summed E-state index contributed by atoms with van der Waals surface area (Å²) in [6.07, 6.45) is 3.35. The van der Waals surface area contributed by atoms with Gasteiger partial charge in [0, 0.05) is 19.3 Å². The average molecular weight is 295 g/mol. The summed E-state index contributed by atoms with van der Waals surface area (Å²) in [6, 6.07) is 1.81. The van der Waals surface area contributed by atoms with Crippen LogP contribution in [-0.2, 0) is 9.53 Å². The smallest absolute Gasteiger partial charge is 0.271 e. The van der Waals surface area contributed by atoms with E-state index >= 15 is 0 Å². The molecule has 2 rings (SSSR count). The molecule has 106 valence electrons. The van der Waals surface area contributed by atoms with E-state index in [4.69, 9.17) is 22.9 Å². The van der Waals surface area contributed by atoms with Crippen LogP contribution < -0.4 is 10.6 Å². The number of amides is 1. The summed E-state index contributed by atoms with van der Waals surface area (Å²) >= 11 is 5.49. The lowest BCUT2D eigenvalue weighted by Crippen LogP contribution is -2.28. The van der Waals surface area contributed by atoms with Crippen LogP contribution in [0.3, 0.4) is 0 Å². The quantitative estimate of drug-likeness (QED) is 0.661. The van der Waals surface area contributed by atoms with Crippen LogP contribution in [0, 0.1) is 6.57 Å². The first-order chi connectivity index (χ1) is 9.72. The van der Waals surface area contributed by atoms with Gasteiger partial charge >= 0.3 is 0 Å². The third-order valence-electron chi connectivity index (χ3n) is 2.98. The highest BCUT2D eigenvalue weighted by molar-refractivity contribution is 6.29. The molecule has 0 saturated carbocycles. The van der Waals surface area contributed by atoms with Gasteiger partial charge in [-0.25, -0.2) is 0 Å². The minimum Gasteiger partial charge on any atom is -0.381 e. The van der Waals surface area contributed by atoms with Crippen LogP contribution in [0.4, 0.5) is 17.2 Å². The molecule has 0 aromatic carbocycles. The Balaban J connectivity index is 2.17. The minimum atomic E-state index is -0.316. The molecule has 1 aromatic heterocycles. The van der Waals surface area contributed by atoms with Crippen molar-refractivity contribution in [2.75, 3.05) is 29.7 Å². The number of alkyl halides is 1. The highest BCUT2D eigenvalue weighted by Gasteiger charge is 2.17. The summed E-state index contributed by atoms with van der Waals surface area (Å²) in [4.78, 5) is 18.7. The van der Waals surface area contributed by atoms with Gasteiger partial charge < -0.3 is 20.2 Å². The molecule has 0 radical (unpaired) electrons. The number of halogens is 1. The number of aromatic nitrogens is 1. The molecular formula is C13H15ClN4O2. The molecule has 0 unspecified atom stereocenters. The van der Waals surface area contributed by atoms with Crippen molar-refractivity contribution in [2.45, 2.75) is 18.9 Å². The van der Waals surface area contributed by atoms with Gasteiger partial charge in [0.05, 0.1) is 11.4 Å². The Hall–Kier alpha value is -1.84. The van der Waals surface area contributed by atoms with Crippen LogP contribution in [0.25, 0.3) is 4.85 Å². The van der Waals surface area contributed by atoms with E-state index in [0.29, 0.717) is 24.6 Å². The van der Waals surface area contributed by atoms with Crippen LogP contribution in [0.15, 0.2) is 12.3 Å². The van der Waals surface area contributed by atoms with Gasteiger partial charge in [-0.2, -0.15) is 0 Å². The third-order valence-corrected chi connectivity index (χ3v) is 3.22. The van der Waals surface area contributed by atoms with Crippen LogP contribution in [0.2, 0.25) is 0 Å². The second-order valence-corrected chi connectivity index (χ2v) is 4.68. The number of nitrogens with zero attached hydrogens (tertiary/aromatic N) is 2. The third kappa shape index (κ3) is 3.83. The Morgan fingerprint density at radius 1 is 1.50 bits per heavy atom. The van der Waals surface area contributed by atoms with Crippen molar-refractivity contribution in [1.82, 2.24) is 4.98 Å². The van der Waals surface area contributed by atoms with Crippen molar-refractivity contribution in [3.05, 3.63) is 23.7 Å². The number of anilines is 2. The van der Waals surface area contributed by atoms with Crippen molar-refractivity contribution >= 4 is 34.7 Å². The molecule has 1 saturated heterocycles. The van der Waals surface area contributed by atoms with Crippen molar-refractivity contribution in [1.29, 1.82) is 0 Å². The summed E-state index contributed by atoms with van der Waals surface area (Å²) in [7, 11) is 0. The lowest BCUT2D eigenvalue weighted by molar-refractivity contribution is -0.113. The molecule has 2 heterocycles. The van der Waals surface area contributed by atoms with Gasteiger partial charge in [-0.05, 0) is 18.9 Å². The van der Waals surface area contributed by atoms with Gasteiger partial charge in [0.15, 0.2) is 0 Å². The van der Waals surface area contributed by atoms with Crippen molar-refractivity contribution in [2.24, 2.45) is 0 Å². The summed E-state index contributed by atoms with van der Waals surface area (Å²) in [5, 5.41) is 6.00. The van der Waals surface area contributed by atoms with E-state index in [2.05, 4.69) is 20.5 Å². The second kappa shape index (κ2) is 7.08. The number of hydrogen-bond acceptors (Lipinski definition) is 4.